The van der Waals surface area contributed by atoms with Gasteiger partial charge in [0.15, 0.2) is 0 Å². The number of halogens is 2. The Kier molecular flexibility index (Phi) is 4.93. The number of rotatable bonds is 3. The van der Waals surface area contributed by atoms with Crippen molar-refractivity contribution >= 4 is 33.2 Å². The zero-order valence-corrected chi connectivity index (χ0v) is 13.3. The molecule has 1 unspecified atom stereocenters. The third kappa shape index (κ3) is 3.62. The smallest absolute Gasteiger partial charge is 0.0650 e. The van der Waals surface area contributed by atoms with Gasteiger partial charge >= 0.3 is 0 Å². The van der Waals surface area contributed by atoms with E-state index in [2.05, 4.69) is 52.1 Å². The highest BCUT2D eigenvalue weighted by Crippen LogP contribution is 2.30. The van der Waals surface area contributed by atoms with Gasteiger partial charge in [0.2, 0.25) is 0 Å². The lowest BCUT2D eigenvalue weighted by atomic mass is 10.0. The SMILES string of the molecule is CC(C)CC1CN(c2ccc(Br)cc2Cl)CCN1. The van der Waals surface area contributed by atoms with Gasteiger partial charge in [0.1, 0.15) is 0 Å². The van der Waals surface area contributed by atoms with Crippen molar-refractivity contribution in [2.75, 3.05) is 24.5 Å². The lowest BCUT2D eigenvalue weighted by Gasteiger charge is -2.36. The molecule has 1 fully saturated rings. The van der Waals surface area contributed by atoms with E-state index in [0.717, 1.165) is 40.7 Å². The van der Waals surface area contributed by atoms with Crippen LogP contribution in [0, 0.1) is 5.92 Å². The third-order valence-corrected chi connectivity index (χ3v) is 4.06. The Morgan fingerprint density at radius 3 is 2.94 bits per heavy atom. The van der Waals surface area contributed by atoms with Gasteiger partial charge in [0.25, 0.3) is 0 Å². The van der Waals surface area contributed by atoms with Crippen LogP contribution in [0.2, 0.25) is 5.02 Å². The summed E-state index contributed by atoms with van der Waals surface area (Å²) in [7, 11) is 0. The minimum Gasteiger partial charge on any atom is -0.367 e. The van der Waals surface area contributed by atoms with Crippen LogP contribution in [0.3, 0.4) is 0 Å². The highest BCUT2D eigenvalue weighted by molar-refractivity contribution is 9.10. The summed E-state index contributed by atoms with van der Waals surface area (Å²) in [6.45, 7) is 7.64. The van der Waals surface area contributed by atoms with E-state index >= 15 is 0 Å². The van der Waals surface area contributed by atoms with Gasteiger partial charge in [-0.25, -0.2) is 0 Å². The number of hydrogen-bond donors (Lipinski definition) is 1. The summed E-state index contributed by atoms with van der Waals surface area (Å²) in [4.78, 5) is 2.39. The minimum atomic E-state index is 0.568. The van der Waals surface area contributed by atoms with E-state index in [1.807, 2.05) is 6.07 Å². The van der Waals surface area contributed by atoms with Gasteiger partial charge in [-0.15, -0.1) is 0 Å². The van der Waals surface area contributed by atoms with Gasteiger partial charge in [-0.3, -0.25) is 0 Å². The minimum absolute atomic E-state index is 0.568. The zero-order valence-electron chi connectivity index (χ0n) is 10.9. The third-order valence-electron chi connectivity index (χ3n) is 3.26. The Morgan fingerprint density at radius 1 is 1.50 bits per heavy atom. The molecule has 1 aliphatic rings. The van der Waals surface area contributed by atoms with E-state index in [0.29, 0.717) is 6.04 Å². The fraction of sp³-hybridized carbons (Fsp3) is 0.571. The normalized spacial score (nSPS) is 20.5. The molecule has 1 saturated heterocycles. The Labute approximate surface area is 123 Å². The van der Waals surface area contributed by atoms with Gasteiger partial charge in [-0.05, 0) is 30.5 Å². The first-order chi connectivity index (χ1) is 8.56. The maximum Gasteiger partial charge on any atom is 0.0650 e. The number of nitrogens with one attached hydrogen (secondary N) is 1. The van der Waals surface area contributed by atoms with Gasteiger partial charge in [-0.2, -0.15) is 0 Å². The highest BCUT2D eigenvalue weighted by atomic mass is 79.9. The van der Waals surface area contributed by atoms with Gasteiger partial charge in [0.05, 0.1) is 10.7 Å². The number of anilines is 1. The number of hydrogen-bond acceptors (Lipinski definition) is 2. The highest BCUT2D eigenvalue weighted by Gasteiger charge is 2.21. The first-order valence-electron chi connectivity index (χ1n) is 6.49. The van der Waals surface area contributed by atoms with E-state index in [9.17, 15) is 0 Å². The van der Waals surface area contributed by atoms with Crippen LogP contribution in [0.5, 0.6) is 0 Å². The Balaban J connectivity index is 2.08. The number of nitrogens with zero attached hydrogens (tertiary/aromatic N) is 1. The van der Waals surface area contributed by atoms with E-state index in [-0.39, 0.29) is 0 Å². The molecule has 0 bridgehead atoms. The molecule has 0 spiro atoms. The van der Waals surface area contributed by atoms with Crippen LogP contribution >= 0.6 is 27.5 Å². The second-order valence-electron chi connectivity index (χ2n) is 5.32. The molecule has 0 radical (unpaired) electrons. The Hall–Kier alpha value is -0.250. The van der Waals surface area contributed by atoms with E-state index in [4.69, 9.17) is 11.6 Å². The fourth-order valence-corrected chi connectivity index (χ4v) is 3.30. The molecule has 1 N–H and O–H groups in total. The van der Waals surface area contributed by atoms with Crippen LogP contribution in [0.4, 0.5) is 5.69 Å². The van der Waals surface area contributed by atoms with Crippen molar-refractivity contribution in [2.24, 2.45) is 5.92 Å². The lowest BCUT2D eigenvalue weighted by Crippen LogP contribution is -2.51. The summed E-state index contributed by atoms with van der Waals surface area (Å²) in [5, 5.41) is 4.42. The molecule has 2 nitrogen and oxygen atoms in total. The lowest BCUT2D eigenvalue weighted by molar-refractivity contribution is 0.388. The molecule has 0 aromatic heterocycles. The molecule has 1 heterocycles. The van der Waals surface area contributed by atoms with Crippen LogP contribution in [0.1, 0.15) is 20.3 Å². The van der Waals surface area contributed by atoms with Crippen molar-refractivity contribution in [3.05, 3.63) is 27.7 Å². The monoisotopic (exact) mass is 330 g/mol. The van der Waals surface area contributed by atoms with Crippen LogP contribution in [-0.2, 0) is 0 Å². The van der Waals surface area contributed by atoms with Crippen molar-refractivity contribution in [2.45, 2.75) is 26.3 Å². The van der Waals surface area contributed by atoms with Crippen molar-refractivity contribution in [3.8, 4) is 0 Å². The van der Waals surface area contributed by atoms with Crippen LogP contribution < -0.4 is 10.2 Å². The topological polar surface area (TPSA) is 15.3 Å². The molecule has 18 heavy (non-hydrogen) atoms. The summed E-state index contributed by atoms with van der Waals surface area (Å²) in [6.07, 6.45) is 1.21. The first-order valence-corrected chi connectivity index (χ1v) is 7.66. The summed E-state index contributed by atoms with van der Waals surface area (Å²) in [6, 6.07) is 6.69. The molecular weight excluding hydrogens is 312 g/mol. The maximum absolute atomic E-state index is 6.32. The number of piperazine rings is 1. The van der Waals surface area contributed by atoms with Crippen LogP contribution in [-0.4, -0.2) is 25.7 Å². The average Bonchev–Trinajstić information content (AvgIpc) is 2.28. The summed E-state index contributed by atoms with van der Waals surface area (Å²) >= 11 is 9.77. The van der Waals surface area contributed by atoms with Gasteiger partial charge < -0.3 is 10.2 Å². The molecule has 4 heteroatoms. The molecule has 1 atom stereocenters. The summed E-state index contributed by atoms with van der Waals surface area (Å²) in [5.41, 5.74) is 1.15. The van der Waals surface area contributed by atoms with E-state index < -0.39 is 0 Å². The molecule has 1 aliphatic heterocycles. The van der Waals surface area contributed by atoms with Crippen LogP contribution in [0.15, 0.2) is 22.7 Å². The predicted octanol–water partition coefficient (Wildman–Crippen LogP) is 3.93. The van der Waals surface area contributed by atoms with Crippen molar-refractivity contribution in [1.82, 2.24) is 5.32 Å². The van der Waals surface area contributed by atoms with Crippen LogP contribution in [0.25, 0.3) is 0 Å². The second-order valence-corrected chi connectivity index (χ2v) is 6.65. The molecule has 2 rings (SSSR count). The van der Waals surface area contributed by atoms with Crippen molar-refractivity contribution < 1.29 is 0 Å². The largest absolute Gasteiger partial charge is 0.367 e. The fourth-order valence-electron chi connectivity index (χ4n) is 2.51. The predicted molar refractivity (Wildman–Crippen MR) is 82.6 cm³/mol. The van der Waals surface area contributed by atoms with E-state index in [1.54, 1.807) is 0 Å². The summed E-state index contributed by atoms with van der Waals surface area (Å²) in [5.74, 6) is 0.725. The molecule has 1 aromatic carbocycles. The van der Waals surface area contributed by atoms with Gasteiger partial charge in [-0.1, -0.05) is 41.4 Å². The Bertz CT molecular complexity index is 409. The maximum atomic E-state index is 6.32. The standard InChI is InChI=1S/C14H20BrClN2/c1-10(2)7-12-9-18(6-5-17-12)14-4-3-11(15)8-13(14)16/h3-4,8,10,12,17H,5-7,9H2,1-2H3. The average molecular weight is 332 g/mol. The van der Waals surface area contributed by atoms with E-state index in [1.165, 1.54) is 6.42 Å². The molecular formula is C14H20BrClN2. The number of benzene rings is 1. The second kappa shape index (κ2) is 6.27. The first kappa shape index (κ1) is 14.2. The quantitative estimate of drug-likeness (QED) is 0.903. The molecule has 0 amide bonds. The summed E-state index contributed by atoms with van der Waals surface area (Å²) < 4.78 is 1.03. The molecule has 100 valence electrons. The molecule has 0 aliphatic carbocycles. The van der Waals surface area contributed by atoms with Gasteiger partial charge in [0, 0.05) is 30.1 Å². The zero-order chi connectivity index (χ0) is 13.1. The molecule has 0 saturated carbocycles. The van der Waals surface area contributed by atoms with Crippen molar-refractivity contribution in [1.29, 1.82) is 0 Å². The Morgan fingerprint density at radius 2 is 2.28 bits per heavy atom. The molecule has 1 aromatic rings. The van der Waals surface area contributed by atoms with Crippen molar-refractivity contribution in [3.63, 3.8) is 0 Å².